The minimum Gasteiger partial charge on any atom is -0.277 e. The maximum atomic E-state index is 4.24. The first-order chi connectivity index (χ1) is 6.77. The fourth-order valence-corrected chi connectivity index (χ4v) is 1.47. The molecular weight excluding hydrogens is 242 g/mol. The average molecular weight is 252 g/mol. The summed E-state index contributed by atoms with van der Waals surface area (Å²) in [6.07, 6.45) is 5.64. The Morgan fingerprint density at radius 3 is 2.79 bits per heavy atom. The van der Waals surface area contributed by atoms with Crippen LogP contribution in [0.1, 0.15) is 5.56 Å². The Morgan fingerprint density at radius 1 is 1.36 bits per heavy atom. The van der Waals surface area contributed by atoms with Gasteiger partial charge in [0.1, 0.15) is 0 Å². The second kappa shape index (κ2) is 3.84. The van der Waals surface area contributed by atoms with Gasteiger partial charge in [-0.2, -0.15) is 0 Å². The fraction of sp³-hybridized carbons (Fsp3) is 0.100. The van der Waals surface area contributed by atoms with E-state index in [4.69, 9.17) is 0 Å². The largest absolute Gasteiger partial charge is 0.277 e. The molecule has 3 nitrogen and oxygen atoms in total. The number of nitrogens with one attached hydrogen (secondary N) is 1. The third-order valence-corrected chi connectivity index (χ3v) is 2.92. The van der Waals surface area contributed by atoms with Gasteiger partial charge in [-0.3, -0.25) is 10.1 Å². The lowest BCUT2D eigenvalue weighted by atomic mass is 10.3. The van der Waals surface area contributed by atoms with Crippen molar-refractivity contribution in [1.29, 1.82) is 0 Å². The second-order valence-corrected chi connectivity index (χ2v) is 3.79. The molecule has 0 unspecified atom stereocenters. The highest BCUT2D eigenvalue weighted by molar-refractivity contribution is 9.10. The highest BCUT2D eigenvalue weighted by atomic mass is 79.9. The number of aryl methyl sites for hydroxylation is 1. The smallest absolute Gasteiger partial charge is 0.159 e. The minimum absolute atomic E-state index is 0.821. The van der Waals surface area contributed by atoms with Crippen molar-refractivity contribution in [3.8, 4) is 0 Å². The van der Waals surface area contributed by atoms with Gasteiger partial charge in [0.05, 0.1) is 4.47 Å². The molecule has 0 bridgehead atoms. The lowest BCUT2D eigenvalue weighted by molar-refractivity contribution is 0.948. The fourth-order valence-electron chi connectivity index (χ4n) is 1.15. The van der Waals surface area contributed by atoms with Gasteiger partial charge in [-0.05, 0) is 46.6 Å². The third kappa shape index (κ3) is 1.80. The molecule has 2 aromatic rings. The summed E-state index contributed by atoms with van der Waals surface area (Å²) < 4.78 is 2.85. The summed E-state index contributed by atoms with van der Waals surface area (Å²) in [5.74, 6) is 0.821. The number of anilines is 1. The van der Waals surface area contributed by atoms with E-state index < -0.39 is 0 Å². The molecule has 14 heavy (non-hydrogen) atoms. The van der Waals surface area contributed by atoms with Crippen molar-refractivity contribution in [2.75, 3.05) is 5.43 Å². The summed E-state index contributed by atoms with van der Waals surface area (Å²) >= 11 is 3.49. The molecule has 2 heterocycles. The molecule has 0 radical (unpaired) electrons. The monoisotopic (exact) mass is 251 g/mol. The standard InChI is InChI=1S/C10H10BrN3/c1-8-4-5-12-10(9(8)11)13-14-6-2-3-7-14/h2-7H,1H3,(H,12,13). The summed E-state index contributed by atoms with van der Waals surface area (Å²) in [4.78, 5) is 4.24. The Labute approximate surface area is 90.9 Å². The van der Waals surface area contributed by atoms with Crippen LogP contribution in [0.4, 0.5) is 5.82 Å². The van der Waals surface area contributed by atoms with Crippen molar-refractivity contribution >= 4 is 21.7 Å². The summed E-state index contributed by atoms with van der Waals surface area (Å²) in [6.45, 7) is 2.03. The zero-order valence-corrected chi connectivity index (χ0v) is 9.32. The molecule has 0 saturated carbocycles. The molecule has 0 atom stereocenters. The molecule has 0 fully saturated rings. The van der Waals surface area contributed by atoms with Gasteiger partial charge in [0.15, 0.2) is 5.82 Å². The summed E-state index contributed by atoms with van der Waals surface area (Å²) in [5.41, 5.74) is 4.31. The van der Waals surface area contributed by atoms with Gasteiger partial charge in [0, 0.05) is 18.6 Å². The molecule has 0 aliphatic carbocycles. The summed E-state index contributed by atoms with van der Waals surface area (Å²) in [5, 5.41) is 0. The maximum Gasteiger partial charge on any atom is 0.159 e. The molecule has 72 valence electrons. The van der Waals surface area contributed by atoms with Gasteiger partial charge in [0.2, 0.25) is 0 Å². The number of halogens is 1. The van der Waals surface area contributed by atoms with Crippen LogP contribution in [0, 0.1) is 6.92 Å². The number of nitrogens with zero attached hydrogens (tertiary/aromatic N) is 2. The molecule has 2 aromatic heterocycles. The Hall–Kier alpha value is -1.29. The molecule has 4 heteroatoms. The third-order valence-electron chi connectivity index (χ3n) is 1.92. The number of hydrogen-bond donors (Lipinski definition) is 1. The first-order valence-corrected chi connectivity index (χ1v) is 5.08. The molecule has 2 rings (SSSR count). The highest BCUT2D eigenvalue weighted by Gasteiger charge is 2.02. The van der Waals surface area contributed by atoms with E-state index >= 15 is 0 Å². The van der Waals surface area contributed by atoms with E-state index in [0.717, 1.165) is 15.9 Å². The quantitative estimate of drug-likeness (QED) is 0.890. The first-order valence-electron chi connectivity index (χ1n) is 4.28. The van der Waals surface area contributed by atoms with Crippen LogP contribution in [-0.2, 0) is 0 Å². The Morgan fingerprint density at radius 2 is 2.07 bits per heavy atom. The van der Waals surface area contributed by atoms with Crippen LogP contribution in [0.5, 0.6) is 0 Å². The average Bonchev–Trinajstić information content (AvgIpc) is 2.66. The Bertz CT molecular complexity index is 423. The summed E-state index contributed by atoms with van der Waals surface area (Å²) in [7, 11) is 0. The molecule has 0 amide bonds. The number of pyridine rings is 1. The predicted molar refractivity (Wildman–Crippen MR) is 60.1 cm³/mol. The number of aromatic nitrogens is 2. The molecule has 0 aromatic carbocycles. The van der Waals surface area contributed by atoms with E-state index in [0.29, 0.717) is 0 Å². The van der Waals surface area contributed by atoms with E-state index in [9.17, 15) is 0 Å². The molecule has 0 spiro atoms. The van der Waals surface area contributed by atoms with E-state index in [1.165, 1.54) is 0 Å². The molecular formula is C10H10BrN3. The van der Waals surface area contributed by atoms with E-state index in [1.807, 2.05) is 42.2 Å². The maximum absolute atomic E-state index is 4.24. The number of rotatable bonds is 2. The van der Waals surface area contributed by atoms with Crippen LogP contribution in [0.3, 0.4) is 0 Å². The van der Waals surface area contributed by atoms with Crippen LogP contribution in [0.25, 0.3) is 0 Å². The zero-order chi connectivity index (χ0) is 9.97. The van der Waals surface area contributed by atoms with Crippen molar-refractivity contribution in [3.05, 3.63) is 46.8 Å². The topological polar surface area (TPSA) is 29.9 Å². The van der Waals surface area contributed by atoms with Crippen molar-refractivity contribution in [2.24, 2.45) is 0 Å². The van der Waals surface area contributed by atoms with Gasteiger partial charge in [-0.15, -0.1) is 0 Å². The highest BCUT2D eigenvalue weighted by Crippen LogP contribution is 2.23. The van der Waals surface area contributed by atoms with Crippen LogP contribution in [0.2, 0.25) is 0 Å². The Balaban J connectivity index is 2.29. The zero-order valence-electron chi connectivity index (χ0n) is 7.74. The van der Waals surface area contributed by atoms with Gasteiger partial charge in [-0.25, -0.2) is 4.98 Å². The van der Waals surface area contributed by atoms with E-state index in [-0.39, 0.29) is 0 Å². The Kier molecular flexibility index (Phi) is 2.54. The summed E-state index contributed by atoms with van der Waals surface area (Å²) in [6, 6.07) is 5.87. The SMILES string of the molecule is Cc1ccnc(Nn2cccc2)c1Br. The first kappa shape index (κ1) is 9.27. The molecule has 0 saturated heterocycles. The van der Waals surface area contributed by atoms with Crippen molar-refractivity contribution in [2.45, 2.75) is 6.92 Å². The van der Waals surface area contributed by atoms with Gasteiger partial charge in [-0.1, -0.05) is 0 Å². The van der Waals surface area contributed by atoms with Crippen LogP contribution < -0.4 is 5.43 Å². The minimum atomic E-state index is 0.821. The van der Waals surface area contributed by atoms with Crippen molar-refractivity contribution in [1.82, 2.24) is 9.66 Å². The van der Waals surface area contributed by atoms with Gasteiger partial charge < -0.3 is 0 Å². The number of hydrogen-bond acceptors (Lipinski definition) is 2. The molecule has 0 aliphatic heterocycles. The molecule has 1 N–H and O–H groups in total. The van der Waals surface area contributed by atoms with Crippen LogP contribution >= 0.6 is 15.9 Å². The molecule has 0 aliphatic rings. The second-order valence-electron chi connectivity index (χ2n) is 2.99. The predicted octanol–water partition coefficient (Wildman–Crippen LogP) is 2.83. The van der Waals surface area contributed by atoms with Crippen LogP contribution in [0.15, 0.2) is 41.3 Å². The van der Waals surface area contributed by atoms with Crippen molar-refractivity contribution in [3.63, 3.8) is 0 Å². The van der Waals surface area contributed by atoms with E-state index in [2.05, 4.69) is 26.3 Å². The van der Waals surface area contributed by atoms with Crippen LogP contribution in [-0.4, -0.2) is 9.66 Å². The van der Waals surface area contributed by atoms with Gasteiger partial charge in [0.25, 0.3) is 0 Å². The van der Waals surface area contributed by atoms with Gasteiger partial charge >= 0.3 is 0 Å². The van der Waals surface area contributed by atoms with Crippen molar-refractivity contribution < 1.29 is 0 Å². The lowest BCUT2D eigenvalue weighted by Crippen LogP contribution is -2.08. The normalized spacial score (nSPS) is 10.1. The lowest BCUT2D eigenvalue weighted by Gasteiger charge is -2.09. The van der Waals surface area contributed by atoms with E-state index in [1.54, 1.807) is 6.20 Å².